The van der Waals surface area contributed by atoms with E-state index >= 15 is 0 Å². The van der Waals surface area contributed by atoms with Gasteiger partial charge in [0.05, 0.1) is 5.56 Å². The van der Waals surface area contributed by atoms with E-state index in [9.17, 15) is 9.59 Å². The van der Waals surface area contributed by atoms with Crippen LogP contribution >= 0.6 is 0 Å². The van der Waals surface area contributed by atoms with Gasteiger partial charge in [0.1, 0.15) is 5.82 Å². The Bertz CT molecular complexity index is 580. The number of hydrogen-bond acceptors (Lipinski definition) is 4. The van der Waals surface area contributed by atoms with Crippen molar-refractivity contribution in [1.82, 2.24) is 15.6 Å². The van der Waals surface area contributed by atoms with Gasteiger partial charge in [-0.3, -0.25) is 9.59 Å². The summed E-state index contributed by atoms with van der Waals surface area (Å²) in [6, 6.07) is 2.66. The summed E-state index contributed by atoms with van der Waals surface area (Å²) in [4.78, 5) is 27.9. The molecule has 6 heteroatoms. The lowest BCUT2D eigenvalue weighted by molar-refractivity contribution is -0.116. The van der Waals surface area contributed by atoms with Crippen molar-refractivity contribution in [1.29, 1.82) is 0 Å². The molecule has 0 atom stereocenters. The summed E-state index contributed by atoms with van der Waals surface area (Å²) in [6.45, 7) is 0. The Morgan fingerprint density at radius 3 is 2.68 bits per heavy atom. The van der Waals surface area contributed by atoms with Gasteiger partial charge in [0, 0.05) is 24.7 Å². The van der Waals surface area contributed by atoms with Gasteiger partial charge in [0.2, 0.25) is 5.91 Å². The third-order valence-corrected chi connectivity index (χ3v) is 4.58. The first kappa shape index (κ1) is 15.0. The second kappa shape index (κ2) is 6.44. The average Bonchev–Trinajstić information content (AvgIpc) is 2.55. The number of amides is 2. The molecule has 2 aliphatic rings. The van der Waals surface area contributed by atoms with Crippen molar-refractivity contribution >= 4 is 17.6 Å². The molecule has 1 aliphatic carbocycles. The van der Waals surface area contributed by atoms with Gasteiger partial charge in [-0.2, -0.15) is 0 Å². The first-order valence-corrected chi connectivity index (χ1v) is 7.92. The van der Waals surface area contributed by atoms with Gasteiger partial charge in [0.15, 0.2) is 0 Å². The van der Waals surface area contributed by atoms with E-state index in [-0.39, 0.29) is 17.9 Å². The summed E-state index contributed by atoms with van der Waals surface area (Å²) in [5.41, 5.74) is 1.51. The highest BCUT2D eigenvalue weighted by molar-refractivity contribution is 5.96. The molecule has 1 aromatic rings. The highest BCUT2D eigenvalue weighted by Gasteiger charge is 2.23. The van der Waals surface area contributed by atoms with E-state index in [0.717, 1.165) is 31.2 Å². The number of carbonyl (C=O) groups excluding carboxylic acids is 2. The zero-order valence-electron chi connectivity index (χ0n) is 12.8. The molecular weight excluding hydrogens is 280 g/mol. The first-order chi connectivity index (χ1) is 10.7. The van der Waals surface area contributed by atoms with Crippen LogP contribution in [0.25, 0.3) is 0 Å². The zero-order chi connectivity index (χ0) is 15.5. The molecule has 0 radical (unpaired) electrons. The Hall–Kier alpha value is -1.95. The molecule has 0 aromatic carbocycles. The summed E-state index contributed by atoms with van der Waals surface area (Å²) in [7, 11) is 1.99. The number of carbonyl (C=O) groups is 2. The summed E-state index contributed by atoms with van der Waals surface area (Å²) in [6.07, 6.45) is 6.83. The summed E-state index contributed by atoms with van der Waals surface area (Å²) in [5.74, 6) is 0.501. The molecular formula is C16H22N4O2. The largest absolute Gasteiger partial charge is 0.349 e. The molecule has 0 spiro atoms. The fourth-order valence-corrected chi connectivity index (χ4v) is 3.18. The van der Waals surface area contributed by atoms with Gasteiger partial charge in [-0.1, -0.05) is 0 Å². The molecule has 22 heavy (non-hydrogen) atoms. The molecule has 2 heterocycles. The maximum absolute atomic E-state index is 12.4. The van der Waals surface area contributed by atoms with Crippen molar-refractivity contribution in [2.24, 2.45) is 0 Å². The van der Waals surface area contributed by atoms with Gasteiger partial charge in [-0.25, -0.2) is 4.98 Å². The first-order valence-electron chi connectivity index (χ1n) is 7.92. The molecule has 118 valence electrons. The summed E-state index contributed by atoms with van der Waals surface area (Å²) >= 11 is 0. The second-order valence-electron chi connectivity index (χ2n) is 6.09. The van der Waals surface area contributed by atoms with E-state index < -0.39 is 0 Å². The lowest BCUT2D eigenvalue weighted by Gasteiger charge is -2.28. The molecule has 0 saturated heterocycles. The lowest BCUT2D eigenvalue weighted by atomic mass is 9.91. The van der Waals surface area contributed by atoms with Crippen molar-refractivity contribution in [3.8, 4) is 0 Å². The molecule has 2 amide bonds. The highest BCUT2D eigenvalue weighted by atomic mass is 16.2. The van der Waals surface area contributed by atoms with Crippen molar-refractivity contribution in [3.05, 3.63) is 23.4 Å². The molecule has 1 saturated carbocycles. The third-order valence-electron chi connectivity index (χ3n) is 4.58. The van der Waals surface area contributed by atoms with E-state index in [4.69, 9.17) is 0 Å². The number of hydrogen-bond donors (Lipinski definition) is 3. The van der Waals surface area contributed by atoms with Gasteiger partial charge >= 0.3 is 0 Å². The summed E-state index contributed by atoms with van der Waals surface area (Å²) in [5, 5.41) is 9.12. The van der Waals surface area contributed by atoms with Crippen molar-refractivity contribution in [3.63, 3.8) is 0 Å². The SMILES string of the molecule is CNC1CCC(NC(=O)c2cnc3c(c2)CCC(=O)N3)CC1. The quantitative estimate of drug-likeness (QED) is 0.784. The zero-order valence-corrected chi connectivity index (χ0v) is 12.8. The van der Waals surface area contributed by atoms with Crippen LogP contribution < -0.4 is 16.0 Å². The van der Waals surface area contributed by atoms with Gasteiger partial charge in [-0.05, 0) is 50.8 Å². The number of fused-ring (bicyclic) bond motifs is 1. The molecule has 1 fully saturated rings. The van der Waals surface area contributed by atoms with E-state index in [2.05, 4.69) is 20.9 Å². The van der Waals surface area contributed by atoms with E-state index in [1.807, 2.05) is 13.1 Å². The fraction of sp³-hybridized carbons (Fsp3) is 0.562. The smallest absolute Gasteiger partial charge is 0.253 e. The van der Waals surface area contributed by atoms with Crippen LogP contribution in [0.1, 0.15) is 48.0 Å². The maximum atomic E-state index is 12.4. The standard InChI is InChI=1S/C16H22N4O2/c1-17-12-3-5-13(6-4-12)19-16(22)11-8-10-2-7-14(21)20-15(10)18-9-11/h8-9,12-13,17H,2-7H2,1H3,(H,19,22)(H,18,20,21). The van der Waals surface area contributed by atoms with Crippen LogP contribution in [0.2, 0.25) is 0 Å². The Balaban J connectivity index is 1.62. The Morgan fingerprint density at radius 1 is 1.23 bits per heavy atom. The summed E-state index contributed by atoms with van der Waals surface area (Å²) < 4.78 is 0. The number of nitrogens with zero attached hydrogens (tertiary/aromatic N) is 1. The topological polar surface area (TPSA) is 83.1 Å². The van der Waals surface area contributed by atoms with E-state index in [1.165, 1.54) is 0 Å². The van der Waals surface area contributed by atoms with Crippen LogP contribution in [-0.2, 0) is 11.2 Å². The number of anilines is 1. The van der Waals surface area contributed by atoms with Crippen LogP contribution in [-0.4, -0.2) is 35.9 Å². The number of aryl methyl sites for hydroxylation is 1. The second-order valence-corrected chi connectivity index (χ2v) is 6.09. The Labute approximate surface area is 130 Å². The van der Waals surface area contributed by atoms with Crippen LogP contribution in [0.4, 0.5) is 5.82 Å². The van der Waals surface area contributed by atoms with Crippen molar-refractivity contribution < 1.29 is 9.59 Å². The molecule has 3 N–H and O–H groups in total. The minimum absolute atomic E-state index is 0.0153. The Morgan fingerprint density at radius 2 is 1.95 bits per heavy atom. The fourth-order valence-electron chi connectivity index (χ4n) is 3.18. The van der Waals surface area contributed by atoms with Crippen LogP contribution in [0.5, 0.6) is 0 Å². The lowest BCUT2D eigenvalue weighted by Crippen LogP contribution is -2.41. The predicted molar refractivity (Wildman–Crippen MR) is 83.8 cm³/mol. The minimum atomic E-state index is -0.0693. The van der Waals surface area contributed by atoms with Crippen molar-refractivity contribution in [2.75, 3.05) is 12.4 Å². The van der Waals surface area contributed by atoms with E-state index in [1.54, 1.807) is 6.20 Å². The van der Waals surface area contributed by atoms with Gasteiger partial charge in [-0.15, -0.1) is 0 Å². The predicted octanol–water partition coefficient (Wildman–Crippen LogP) is 1.23. The number of pyridine rings is 1. The third kappa shape index (κ3) is 3.27. The average molecular weight is 302 g/mol. The van der Waals surface area contributed by atoms with Gasteiger partial charge < -0.3 is 16.0 Å². The highest BCUT2D eigenvalue weighted by Crippen LogP contribution is 2.22. The molecule has 3 rings (SSSR count). The molecule has 1 aromatic heterocycles. The number of aromatic nitrogens is 1. The monoisotopic (exact) mass is 302 g/mol. The van der Waals surface area contributed by atoms with Crippen LogP contribution in [0, 0.1) is 0 Å². The molecule has 0 bridgehead atoms. The van der Waals surface area contributed by atoms with Crippen molar-refractivity contribution in [2.45, 2.75) is 50.6 Å². The van der Waals surface area contributed by atoms with E-state index in [0.29, 0.717) is 30.3 Å². The van der Waals surface area contributed by atoms with Gasteiger partial charge in [0.25, 0.3) is 5.91 Å². The molecule has 1 aliphatic heterocycles. The number of rotatable bonds is 3. The van der Waals surface area contributed by atoms with Crippen LogP contribution in [0.3, 0.4) is 0 Å². The number of nitrogens with one attached hydrogen (secondary N) is 3. The van der Waals surface area contributed by atoms with Crippen LogP contribution in [0.15, 0.2) is 12.3 Å². The maximum Gasteiger partial charge on any atom is 0.253 e. The normalized spacial score (nSPS) is 24.3. The molecule has 6 nitrogen and oxygen atoms in total. The Kier molecular flexibility index (Phi) is 4.38. The molecule has 0 unspecified atom stereocenters. The minimum Gasteiger partial charge on any atom is -0.349 e.